The molecule has 0 N–H and O–H groups in total. The van der Waals surface area contributed by atoms with Gasteiger partial charge in [-0.25, -0.2) is 0 Å². The summed E-state index contributed by atoms with van der Waals surface area (Å²) in [7, 11) is 0. The van der Waals surface area contributed by atoms with Crippen LogP contribution in [0.2, 0.25) is 5.02 Å². The lowest BCUT2D eigenvalue weighted by atomic mass is 9.84. The van der Waals surface area contributed by atoms with E-state index in [-0.39, 0.29) is 5.78 Å². The summed E-state index contributed by atoms with van der Waals surface area (Å²) >= 11 is 6.19. The minimum atomic E-state index is 0.218. The molecule has 1 aliphatic carbocycles. The molecule has 0 saturated heterocycles. The predicted octanol–water partition coefficient (Wildman–Crippen LogP) is 5.11. The van der Waals surface area contributed by atoms with E-state index >= 15 is 0 Å². The number of aryl methyl sites for hydroxylation is 2. The van der Waals surface area contributed by atoms with Crippen molar-refractivity contribution in [3.63, 3.8) is 0 Å². The summed E-state index contributed by atoms with van der Waals surface area (Å²) in [6.07, 6.45) is 6.96. The maximum Gasteiger partial charge on any atom is 0.164 e. The zero-order chi connectivity index (χ0) is 13.1. The van der Waals surface area contributed by atoms with Crippen LogP contribution < -0.4 is 0 Å². The molecule has 0 amide bonds. The van der Waals surface area contributed by atoms with Crippen LogP contribution in [0.1, 0.15) is 60.0 Å². The van der Waals surface area contributed by atoms with E-state index in [9.17, 15) is 4.79 Å². The smallest absolute Gasteiger partial charge is 0.164 e. The van der Waals surface area contributed by atoms with Crippen molar-refractivity contribution in [3.8, 4) is 0 Å². The molecule has 0 radical (unpaired) electrons. The molecule has 1 saturated carbocycles. The fraction of sp³-hybridized carbons (Fsp3) is 0.562. The highest BCUT2D eigenvalue weighted by Crippen LogP contribution is 2.29. The lowest BCUT2D eigenvalue weighted by Gasteiger charge is -2.21. The molecule has 0 bridgehead atoms. The van der Waals surface area contributed by atoms with Gasteiger partial charge < -0.3 is 0 Å². The van der Waals surface area contributed by atoms with Gasteiger partial charge in [-0.15, -0.1) is 0 Å². The first-order chi connectivity index (χ1) is 8.58. The molecule has 0 heterocycles. The van der Waals surface area contributed by atoms with E-state index in [0.29, 0.717) is 22.9 Å². The van der Waals surface area contributed by atoms with Gasteiger partial charge in [0.25, 0.3) is 0 Å². The van der Waals surface area contributed by atoms with Crippen molar-refractivity contribution >= 4 is 17.4 Å². The molecule has 98 valence electrons. The maximum atomic E-state index is 12.3. The van der Waals surface area contributed by atoms with E-state index in [2.05, 4.69) is 0 Å². The van der Waals surface area contributed by atoms with Crippen LogP contribution in [0.25, 0.3) is 0 Å². The number of rotatable bonds is 3. The third-order valence-corrected chi connectivity index (χ3v) is 4.40. The molecule has 2 heteroatoms. The number of halogens is 1. The highest BCUT2D eigenvalue weighted by atomic mass is 35.5. The molecular formula is C16H21ClO. The largest absolute Gasteiger partial charge is 0.294 e. The van der Waals surface area contributed by atoms with Crippen molar-refractivity contribution < 1.29 is 4.79 Å². The summed E-state index contributed by atoms with van der Waals surface area (Å²) in [6, 6.07) is 3.85. The van der Waals surface area contributed by atoms with Crippen molar-refractivity contribution in [3.05, 3.63) is 33.8 Å². The number of Topliss-reactive ketones (excluding diaryl/α,β-unsaturated/α-hetero) is 1. The van der Waals surface area contributed by atoms with Crippen LogP contribution in [0.4, 0.5) is 0 Å². The molecule has 0 unspecified atom stereocenters. The molecule has 0 aromatic heterocycles. The van der Waals surface area contributed by atoms with Crippen molar-refractivity contribution in [2.45, 2.75) is 52.4 Å². The van der Waals surface area contributed by atoms with Gasteiger partial charge in [0.15, 0.2) is 5.78 Å². The van der Waals surface area contributed by atoms with Gasteiger partial charge in [-0.05, 0) is 43.0 Å². The van der Waals surface area contributed by atoms with Crippen molar-refractivity contribution in [1.29, 1.82) is 0 Å². The lowest BCUT2D eigenvalue weighted by molar-refractivity contribution is 0.0950. The summed E-state index contributed by atoms with van der Waals surface area (Å²) in [5.74, 6) is 0.791. The normalized spacial score (nSPS) is 16.8. The lowest BCUT2D eigenvalue weighted by Crippen LogP contribution is -2.12. The first-order valence-electron chi connectivity index (χ1n) is 6.88. The number of hydrogen-bond acceptors (Lipinski definition) is 1. The molecule has 1 nitrogen and oxygen atoms in total. The molecule has 0 spiro atoms. The first kappa shape index (κ1) is 13.6. The second-order valence-electron chi connectivity index (χ2n) is 5.55. The Labute approximate surface area is 115 Å². The molecule has 0 atom stereocenters. The van der Waals surface area contributed by atoms with Gasteiger partial charge in [0.2, 0.25) is 0 Å². The summed E-state index contributed by atoms with van der Waals surface area (Å²) in [5, 5.41) is 0.610. The van der Waals surface area contributed by atoms with Gasteiger partial charge in [0.1, 0.15) is 0 Å². The Hall–Kier alpha value is -0.820. The molecule has 1 aromatic rings. The fourth-order valence-electron chi connectivity index (χ4n) is 2.76. The predicted molar refractivity (Wildman–Crippen MR) is 76.4 cm³/mol. The van der Waals surface area contributed by atoms with Crippen LogP contribution in [-0.2, 0) is 0 Å². The summed E-state index contributed by atoms with van der Waals surface area (Å²) in [5.41, 5.74) is 3.01. The highest BCUT2D eigenvalue weighted by molar-refractivity contribution is 6.34. The maximum absolute atomic E-state index is 12.3. The zero-order valence-corrected chi connectivity index (χ0v) is 12.0. The average Bonchev–Trinajstić information content (AvgIpc) is 2.35. The Morgan fingerprint density at radius 3 is 2.44 bits per heavy atom. The monoisotopic (exact) mass is 264 g/mol. The van der Waals surface area contributed by atoms with E-state index in [1.807, 2.05) is 26.0 Å². The first-order valence-corrected chi connectivity index (χ1v) is 7.25. The minimum Gasteiger partial charge on any atom is -0.294 e. The molecule has 1 aliphatic rings. The van der Waals surface area contributed by atoms with Gasteiger partial charge in [0.05, 0.1) is 5.02 Å². The van der Waals surface area contributed by atoms with E-state index < -0.39 is 0 Å². The van der Waals surface area contributed by atoms with Crippen LogP contribution in [0.5, 0.6) is 0 Å². The Balaban J connectivity index is 2.10. The number of ketones is 1. The third-order valence-electron chi connectivity index (χ3n) is 4.08. The summed E-state index contributed by atoms with van der Waals surface area (Å²) < 4.78 is 0. The molecule has 1 aromatic carbocycles. The van der Waals surface area contributed by atoms with Crippen molar-refractivity contribution in [1.82, 2.24) is 0 Å². The number of hydrogen-bond donors (Lipinski definition) is 0. The molecule has 18 heavy (non-hydrogen) atoms. The summed E-state index contributed by atoms with van der Waals surface area (Å²) in [4.78, 5) is 12.3. The molecular weight excluding hydrogens is 244 g/mol. The average molecular weight is 265 g/mol. The van der Waals surface area contributed by atoms with Gasteiger partial charge in [0, 0.05) is 12.0 Å². The summed E-state index contributed by atoms with van der Waals surface area (Å²) in [6.45, 7) is 4.06. The number of benzene rings is 1. The second-order valence-corrected chi connectivity index (χ2v) is 5.95. The highest BCUT2D eigenvalue weighted by Gasteiger charge is 2.19. The topological polar surface area (TPSA) is 17.1 Å². The van der Waals surface area contributed by atoms with Crippen LogP contribution in [0, 0.1) is 19.8 Å². The quantitative estimate of drug-likeness (QED) is 0.694. The number of carbonyl (C=O) groups excluding carboxylic acids is 1. The van der Waals surface area contributed by atoms with Gasteiger partial charge in [-0.2, -0.15) is 0 Å². The van der Waals surface area contributed by atoms with Gasteiger partial charge >= 0.3 is 0 Å². The third kappa shape index (κ3) is 3.14. The van der Waals surface area contributed by atoms with E-state index in [1.54, 1.807) is 0 Å². The van der Waals surface area contributed by atoms with Crippen LogP contribution in [0.15, 0.2) is 12.1 Å². The van der Waals surface area contributed by atoms with Gasteiger partial charge in [-0.1, -0.05) is 43.7 Å². The van der Waals surface area contributed by atoms with E-state index in [1.165, 1.54) is 32.1 Å². The molecule has 1 fully saturated rings. The van der Waals surface area contributed by atoms with Crippen LogP contribution in [-0.4, -0.2) is 5.78 Å². The SMILES string of the molecule is Cc1cc(Cl)c(C(=O)CC2CCCCC2)cc1C. The Kier molecular flexibility index (Phi) is 4.45. The van der Waals surface area contributed by atoms with Crippen molar-refractivity contribution in [2.24, 2.45) is 5.92 Å². The van der Waals surface area contributed by atoms with E-state index in [0.717, 1.165) is 11.1 Å². The Bertz CT molecular complexity index is 445. The Morgan fingerprint density at radius 2 is 1.78 bits per heavy atom. The fourth-order valence-corrected chi connectivity index (χ4v) is 3.08. The van der Waals surface area contributed by atoms with Crippen LogP contribution >= 0.6 is 11.6 Å². The van der Waals surface area contributed by atoms with Gasteiger partial charge in [-0.3, -0.25) is 4.79 Å². The molecule has 2 rings (SSSR count). The Morgan fingerprint density at radius 1 is 1.17 bits per heavy atom. The second kappa shape index (κ2) is 5.88. The minimum absolute atomic E-state index is 0.218. The van der Waals surface area contributed by atoms with E-state index in [4.69, 9.17) is 11.6 Å². The van der Waals surface area contributed by atoms with Crippen LogP contribution in [0.3, 0.4) is 0 Å². The zero-order valence-electron chi connectivity index (χ0n) is 11.3. The standard InChI is InChI=1S/C16H21ClO/c1-11-8-14(15(17)9-12(11)2)16(18)10-13-6-4-3-5-7-13/h8-9,13H,3-7,10H2,1-2H3. The molecule has 0 aliphatic heterocycles. The van der Waals surface area contributed by atoms with Crippen molar-refractivity contribution in [2.75, 3.05) is 0 Å². The number of carbonyl (C=O) groups is 1.